The fourth-order valence-corrected chi connectivity index (χ4v) is 3.26. The molecule has 0 spiro atoms. The topological polar surface area (TPSA) is 44.8 Å². The molecule has 0 amide bonds. The minimum atomic E-state index is -0.375. The highest BCUT2D eigenvalue weighted by molar-refractivity contribution is 6.01. The van der Waals surface area contributed by atoms with Gasteiger partial charge in [0.2, 0.25) is 0 Å². The molecule has 0 heterocycles. The molecule has 0 bridgehead atoms. The molecular formula is C25H24O4. The van der Waals surface area contributed by atoms with Crippen molar-refractivity contribution in [1.82, 2.24) is 0 Å². The molecule has 0 saturated carbocycles. The number of carbonyl (C=O) groups is 1. The molecule has 3 rings (SSSR count). The summed E-state index contributed by atoms with van der Waals surface area (Å²) in [6, 6.07) is 23.1. The monoisotopic (exact) mass is 388 g/mol. The first-order chi connectivity index (χ1) is 14.2. The van der Waals surface area contributed by atoms with Gasteiger partial charge in [0.05, 0.1) is 27.2 Å². The number of rotatable bonds is 8. The van der Waals surface area contributed by atoms with Crippen LogP contribution in [-0.2, 0) is 4.79 Å². The standard InChI is InChI=1S/C25H24O4/c1-27-22-17-24(29-3)23(28-2)16-20(22)14-15-21(26)25(18-10-6-4-7-11-18)19-12-8-5-9-13-19/h4-17,25H,1-3H3/b15-14+. The third-order valence-electron chi connectivity index (χ3n) is 4.71. The molecule has 0 aliphatic rings. The molecule has 0 fully saturated rings. The minimum absolute atomic E-state index is 0.0146. The molecule has 0 unspecified atom stereocenters. The molecule has 29 heavy (non-hydrogen) atoms. The Kier molecular flexibility index (Phi) is 6.69. The van der Waals surface area contributed by atoms with Crippen LogP contribution < -0.4 is 14.2 Å². The van der Waals surface area contributed by atoms with Crippen LogP contribution in [0.4, 0.5) is 0 Å². The van der Waals surface area contributed by atoms with Crippen LogP contribution in [-0.4, -0.2) is 27.1 Å². The second-order valence-electron chi connectivity index (χ2n) is 6.44. The van der Waals surface area contributed by atoms with Gasteiger partial charge >= 0.3 is 0 Å². The Morgan fingerprint density at radius 1 is 0.724 bits per heavy atom. The van der Waals surface area contributed by atoms with Crippen molar-refractivity contribution in [2.75, 3.05) is 21.3 Å². The number of benzene rings is 3. The molecule has 4 nitrogen and oxygen atoms in total. The molecule has 4 heteroatoms. The van der Waals surface area contributed by atoms with Crippen LogP contribution in [0.1, 0.15) is 22.6 Å². The first-order valence-electron chi connectivity index (χ1n) is 9.29. The summed E-state index contributed by atoms with van der Waals surface area (Å²) in [5.74, 6) is 1.35. The van der Waals surface area contributed by atoms with Gasteiger partial charge in [-0.05, 0) is 29.3 Å². The number of allylic oxidation sites excluding steroid dienone is 1. The summed E-state index contributed by atoms with van der Waals surface area (Å²) in [7, 11) is 4.72. The van der Waals surface area contributed by atoms with E-state index in [0.717, 1.165) is 16.7 Å². The molecule has 0 aliphatic carbocycles. The molecule has 0 atom stereocenters. The third kappa shape index (κ3) is 4.66. The molecule has 3 aromatic rings. The van der Waals surface area contributed by atoms with Gasteiger partial charge in [0.25, 0.3) is 0 Å². The first-order valence-corrected chi connectivity index (χ1v) is 9.29. The van der Waals surface area contributed by atoms with Gasteiger partial charge in [-0.15, -0.1) is 0 Å². The number of methoxy groups -OCH3 is 3. The normalized spacial score (nSPS) is 10.9. The van der Waals surface area contributed by atoms with Crippen molar-refractivity contribution in [1.29, 1.82) is 0 Å². The van der Waals surface area contributed by atoms with Gasteiger partial charge in [-0.25, -0.2) is 0 Å². The predicted octanol–water partition coefficient (Wildman–Crippen LogP) is 5.13. The Morgan fingerprint density at radius 2 is 1.21 bits per heavy atom. The number of ether oxygens (including phenoxy) is 3. The van der Waals surface area contributed by atoms with E-state index in [1.165, 1.54) is 0 Å². The van der Waals surface area contributed by atoms with E-state index < -0.39 is 0 Å². The van der Waals surface area contributed by atoms with Gasteiger partial charge < -0.3 is 14.2 Å². The van der Waals surface area contributed by atoms with Crippen LogP contribution >= 0.6 is 0 Å². The number of hydrogen-bond acceptors (Lipinski definition) is 4. The lowest BCUT2D eigenvalue weighted by atomic mass is 9.87. The van der Waals surface area contributed by atoms with Crippen molar-refractivity contribution in [2.45, 2.75) is 5.92 Å². The highest BCUT2D eigenvalue weighted by Gasteiger charge is 2.20. The summed E-state index contributed by atoms with van der Waals surface area (Å²) in [5.41, 5.74) is 2.64. The van der Waals surface area contributed by atoms with Crippen molar-refractivity contribution >= 4 is 11.9 Å². The Hall–Kier alpha value is -3.53. The number of hydrogen-bond donors (Lipinski definition) is 0. The zero-order chi connectivity index (χ0) is 20.6. The van der Waals surface area contributed by atoms with E-state index in [2.05, 4.69) is 0 Å². The van der Waals surface area contributed by atoms with Gasteiger partial charge in [0.15, 0.2) is 17.3 Å². The van der Waals surface area contributed by atoms with Crippen LogP contribution in [0.15, 0.2) is 78.9 Å². The van der Waals surface area contributed by atoms with E-state index in [-0.39, 0.29) is 11.7 Å². The quantitative estimate of drug-likeness (QED) is 0.502. The summed E-state index contributed by atoms with van der Waals surface area (Å²) in [6.45, 7) is 0. The van der Waals surface area contributed by atoms with E-state index in [1.54, 1.807) is 45.6 Å². The van der Waals surface area contributed by atoms with E-state index in [9.17, 15) is 4.79 Å². The van der Waals surface area contributed by atoms with Gasteiger partial charge in [0, 0.05) is 11.6 Å². The van der Waals surface area contributed by atoms with Crippen molar-refractivity contribution in [3.63, 3.8) is 0 Å². The van der Waals surface area contributed by atoms with Crippen molar-refractivity contribution in [3.8, 4) is 17.2 Å². The molecule has 0 saturated heterocycles. The van der Waals surface area contributed by atoms with Crippen LogP contribution in [0.3, 0.4) is 0 Å². The maximum absolute atomic E-state index is 13.2. The summed E-state index contributed by atoms with van der Waals surface area (Å²) >= 11 is 0. The molecule has 0 aromatic heterocycles. The lowest BCUT2D eigenvalue weighted by Crippen LogP contribution is -2.11. The lowest BCUT2D eigenvalue weighted by Gasteiger charge is -2.15. The zero-order valence-electron chi connectivity index (χ0n) is 16.8. The van der Waals surface area contributed by atoms with Gasteiger partial charge in [-0.1, -0.05) is 60.7 Å². The Bertz CT molecular complexity index is 939. The largest absolute Gasteiger partial charge is 0.496 e. The van der Waals surface area contributed by atoms with Crippen LogP contribution in [0, 0.1) is 0 Å². The smallest absolute Gasteiger partial charge is 0.167 e. The predicted molar refractivity (Wildman–Crippen MR) is 115 cm³/mol. The molecule has 3 aromatic carbocycles. The van der Waals surface area contributed by atoms with Gasteiger partial charge in [0.1, 0.15) is 5.75 Å². The van der Waals surface area contributed by atoms with Crippen LogP contribution in [0.25, 0.3) is 6.08 Å². The highest BCUT2D eigenvalue weighted by Crippen LogP contribution is 2.35. The van der Waals surface area contributed by atoms with Crippen molar-refractivity contribution in [3.05, 3.63) is 95.6 Å². The van der Waals surface area contributed by atoms with E-state index in [0.29, 0.717) is 17.2 Å². The fourth-order valence-electron chi connectivity index (χ4n) is 3.26. The Labute approximate surface area is 171 Å². The average Bonchev–Trinajstić information content (AvgIpc) is 2.78. The Morgan fingerprint density at radius 3 is 1.69 bits per heavy atom. The molecule has 148 valence electrons. The number of ketones is 1. The second-order valence-corrected chi connectivity index (χ2v) is 6.44. The lowest BCUT2D eigenvalue weighted by molar-refractivity contribution is -0.115. The van der Waals surface area contributed by atoms with E-state index in [1.807, 2.05) is 60.7 Å². The van der Waals surface area contributed by atoms with E-state index in [4.69, 9.17) is 14.2 Å². The molecular weight excluding hydrogens is 364 g/mol. The summed E-state index contributed by atoms with van der Waals surface area (Å²) in [5, 5.41) is 0. The van der Waals surface area contributed by atoms with Crippen LogP contribution in [0.5, 0.6) is 17.2 Å². The van der Waals surface area contributed by atoms with Crippen molar-refractivity contribution in [2.24, 2.45) is 0 Å². The average molecular weight is 388 g/mol. The summed E-state index contributed by atoms with van der Waals surface area (Å²) < 4.78 is 16.1. The van der Waals surface area contributed by atoms with Crippen molar-refractivity contribution < 1.29 is 19.0 Å². The second kappa shape index (κ2) is 9.60. The minimum Gasteiger partial charge on any atom is -0.496 e. The first kappa shape index (κ1) is 20.2. The number of carbonyl (C=O) groups excluding carboxylic acids is 1. The maximum atomic E-state index is 13.2. The molecule has 0 N–H and O–H groups in total. The van der Waals surface area contributed by atoms with Gasteiger partial charge in [-0.3, -0.25) is 4.79 Å². The molecule has 0 aliphatic heterocycles. The van der Waals surface area contributed by atoms with Gasteiger partial charge in [-0.2, -0.15) is 0 Å². The third-order valence-corrected chi connectivity index (χ3v) is 4.71. The molecule has 0 radical (unpaired) electrons. The zero-order valence-corrected chi connectivity index (χ0v) is 16.8. The fraction of sp³-hybridized carbons (Fsp3) is 0.160. The van der Waals surface area contributed by atoms with Crippen LogP contribution in [0.2, 0.25) is 0 Å². The summed E-state index contributed by atoms with van der Waals surface area (Å²) in [6.07, 6.45) is 3.34. The SMILES string of the molecule is COc1cc(OC)c(OC)cc1/C=C/C(=O)C(c1ccccc1)c1ccccc1. The Balaban J connectivity index is 1.97. The highest BCUT2D eigenvalue weighted by atomic mass is 16.5. The summed E-state index contributed by atoms with van der Waals surface area (Å²) in [4.78, 5) is 13.2. The maximum Gasteiger partial charge on any atom is 0.167 e. The van der Waals surface area contributed by atoms with E-state index >= 15 is 0 Å².